The average Bonchev–Trinajstić information content (AvgIpc) is 2.70. The van der Waals surface area contributed by atoms with Gasteiger partial charge in [0.1, 0.15) is 5.69 Å². The summed E-state index contributed by atoms with van der Waals surface area (Å²) in [5.74, 6) is 0. The molecule has 0 N–H and O–H groups in total. The Bertz CT molecular complexity index is 592. The van der Waals surface area contributed by atoms with Crippen LogP contribution in [0, 0.1) is 10.1 Å². The van der Waals surface area contributed by atoms with E-state index in [9.17, 15) is 14.9 Å². The van der Waals surface area contributed by atoms with Gasteiger partial charge in [-0.3, -0.25) is 14.9 Å². The lowest BCUT2D eigenvalue weighted by molar-refractivity contribution is -0.384. The SMILES string of the molecule is O=Cc1cc(Br)cn1-c1ccccc1[N+](=O)[O-]. The molecule has 0 radical (unpaired) electrons. The van der Waals surface area contributed by atoms with Crippen molar-refractivity contribution in [2.45, 2.75) is 0 Å². The molecule has 0 amide bonds. The van der Waals surface area contributed by atoms with E-state index in [-0.39, 0.29) is 5.69 Å². The van der Waals surface area contributed by atoms with E-state index in [1.165, 1.54) is 10.6 Å². The maximum absolute atomic E-state index is 10.9. The molecule has 0 aliphatic rings. The maximum Gasteiger partial charge on any atom is 0.293 e. The van der Waals surface area contributed by atoms with E-state index in [2.05, 4.69) is 15.9 Å². The quantitative estimate of drug-likeness (QED) is 0.497. The molecule has 1 aromatic heterocycles. The van der Waals surface area contributed by atoms with E-state index in [1.54, 1.807) is 30.5 Å². The maximum atomic E-state index is 10.9. The molecule has 0 atom stereocenters. The first-order valence-corrected chi connectivity index (χ1v) is 5.49. The van der Waals surface area contributed by atoms with Crippen molar-refractivity contribution in [3.05, 3.63) is 56.8 Å². The summed E-state index contributed by atoms with van der Waals surface area (Å²) >= 11 is 3.23. The lowest BCUT2D eigenvalue weighted by Crippen LogP contribution is -2.01. The highest BCUT2D eigenvalue weighted by Gasteiger charge is 2.16. The highest BCUT2D eigenvalue weighted by molar-refractivity contribution is 9.10. The van der Waals surface area contributed by atoms with E-state index in [1.807, 2.05) is 0 Å². The number of nitro groups is 1. The van der Waals surface area contributed by atoms with Gasteiger partial charge in [-0.05, 0) is 28.1 Å². The highest BCUT2D eigenvalue weighted by Crippen LogP contribution is 2.26. The van der Waals surface area contributed by atoms with Gasteiger partial charge in [0.15, 0.2) is 6.29 Å². The van der Waals surface area contributed by atoms with Gasteiger partial charge >= 0.3 is 0 Å². The second-order valence-corrected chi connectivity index (χ2v) is 4.23. The van der Waals surface area contributed by atoms with Gasteiger partial charge in [-0.2, -0.15) is 0 Å². The number of nitrogens with zero attached hydrogens (tertiary/aromatic N) is 2. The molecular weight excluding hydrogens is 288 g/mol. The first-order chi connectivity index (χ1) is 8.13. The van der Waals surface area contributed by atoms with E-state index >= 15 is 0 Å². The lowest BCUT2D eigenvalue weighted by atomic mass is 10.2. The first kappa shape index (κ1) is 11.5. The summed E-state index contributed by atoms with van der Waals surface area (Å²) in [7, 11) is 0. The summed E-state index contributed by atoms with van der Waals surface area (Å²) in [4.78, 5) is 21.3. The van der Waals surface area contributed by atoms with Gasteiger partial charge in [-0.1, -0.05) is 12.1 Å². The fourth-order valence-corrected chi connectivity index (χ4v) is 2.01. The Balaban J connectivity index is 2.67. The number of nitro benzene ring substituents is 1. The van der Waals surface area contributed by atoms with Gasteiger partial charge in [0.05, 0.1) is 10.6 Å². The van der Waals surface area contributed by atoms with Gasteiger partial charge in [-0.25, -0.2) is 0 Å². The fourth-order valence-electron chi connectivity index (χ4n) is 1.57. The van der Waals surface area contributed by atoms with Crippen molar-refractivity contribution in [2.24, 2.45) is 0 Å². The molecular formula is C11H7BrN2O3. The van der Waals surface area contributed by atoms with E-state index in [0.29, 0.717) is 22.1 Å². The molecule has 5 nitrogen and oxygen atoms in total. The minimum atomic E-state index is -0.474. The minimum Gasteiger partial charge on any atom is -0.307 e. The van der Waals surface area contributed by atoms with Crippen LogP contribution in [0.5, 0.6) is 0 Å². The second-order valence-electron chi connectivity index (χ2n) is 3.32. The number of hydrogen-bond donors (Lipinski definition) is 0. The van der Waals surface area contributed by atoms with Crippen molar-refractivity contribution in [2.75, 3.05) is 0 Å². The molecule has 0 aliphatic carbocycles. The molecule has 2 rings (SSSR count). The van der Waals surface area contributed by atoms with Crippen LogP contribution in [0.3, 0.4) is 0 Å². The number of rotatable bonds is 3. The van der Waals surface area contributed by atoms with Crippen LogP contribution < -0.4 is 0 Å². The largest absolute Gasteiger partial charge is 0.307 e. The summed E-state index contributed by atoms with van der Waals surface area (Å²) in [6.45, 7) is 0. The molecule has 0 saturated heterocycles. The number of aromatic nitrogens is 1. The fraction of sp³-hybridized carbons (Fsp3) is 0. The van der Waals surface area contributed by atoms with Crippen molar-refractivity contribution < 1.29 is 9.72 Å². The van der Waals surface area contributed by atoms with Crippen molar-refractivity contribution >= 4 is 27.9 Å². The third kappa shape index (κ3) is 2.12. The number of para-hydroxylation sites is 2. The number of hydrogen-bond acceptors (Lipinski definition) is 3. The average molecular weight is 295 g/mol. The number of halogens is 1. The summed E-state index contributed by atoms with van der Waals surface area (Å²) in [5, 5.41) is 10.9. The van der Waals surface area contributed by atoms with Gasteiger partial charge in [0.2, 0.25) is 0 Å². The van der Waals surface area contributed by atoms with Crippen LogP contribution in [-0.2, 0) is 0 Å². The van der Waals surface area contributed by atoms with Crippen LogP contribution in [0.25, 0.3) is 5.69 Å². The zero-order chi connectivity index (χ0) is 12.4. The molecule has 0 aliphatic heterocycles. The Kier molecular flexibility index (Phi) is 3.06. The number of carbonyl (C=O) groups excluding carboxylic acids is 1. The Labute approximate surface area is 105 Å². The molecule has 0 fully saturated rings. The Morgan fingerprint density at radius 1 is 1.35 bits per heavy atom. The molecule has 0 saturated carbocycles. The third-order valence-electron chi connectivity index (χ3n) is 2.28. The Hall–Kier alpha value is -1.95. The summed E-state index contributed by atoms with van der Waals surface area (Å²) < 4.78 is 2.17. The van der Waals surface area contributed by atoms with Crippen molar-refractivity contribution in [1.82, 2.24) is 4.57 Å². The molecule has 0 bridgehead atoms. The van der Waals surface area contributed by atoms with E-state index < -0.39 is 4.92 Å². The normalized spacial score (nSPS) is 10.2. The molecule has 86 valence electrons. The highest BCUT2D eigenvalue weighted by atomic mass is 79.9. The van der Waals surface area contributed by atoms with Crippen LogP contribution in [-0.4, -0.2) is 15.8 Å². The predicted molar refractivity (Wildman–Crippen MR) is 65.5 cm³/mol. The molecule has 17 heavy (non-hydrogen) atoms. The topological polar surface area (TPSA) is 65.1 Å². The van der Waals surface area contributed by atoms with Gasteiger partial charge < -0.3 is 4.57 Å². The standard InChI is InChI=1S/C11H7BrN2O3/c12-8-5-9(7-15)13(6-8)10-3-1-2-4-11(10)14(16)17/h1-7H. The van der Waals surface area contributed by atoms with Crippen molar-refractivity contribution in [3.8, 4) is 5.69 Å². The minimum absolute atomic E-state index is 0.0429. The second kappa shape index (κ2) is 4.50. The molecule has 1 aromatic carbocycles. The molecule has 0 spiro atoms. The zero-order valence-electron chi connectivity index (χ0n) is 8.54. The zero-order valence-corrected chi connectivity index (χ0v) is 10.1. The Morgan fingerprint density at radius 2 is 2.06 bits per heavy atom. The van der Waals surface area contributed by atoms with E-state index in [0.717, 1.165) is 0 Å². The summed E-state index contributed by atoms with van der Waals surface area (Å²) in [6.07, 6.45) is 2.27. The van der Waals surface area contributed by atoms with Gasteiger partial charge in [0.25, 0.3) is 5.69 Å². The van der Waals surface area contributed by atoms with Crippen molar-refractivity contribution in [3.63, 3.8) is 0 Å². The predicted octanol–water partition coefficient (Wildman–Crippen LogP) is 2.96. The molecule has 2 aromatic rings. The Morgan fingerprint density at radius 3 is 2.71 bits per heavy atom. The first-order valence-electron chi connectivity index (χ1n) is 4.70. The van der Waals surface area contributed by atoms with Gasteiger partial charge in [-0.15, -0.1) is 0 Å². The number of benzene rings is 1. The van der Waals surface area contributed by atoms with Crippen LogP contribution in [0.15, 0.2) is 41.0 Å². The summed E-state index contributed by atoms with van der Waals surface area (Å²) in [6, 6.07) is 7.87. The smallest absolute Gasteiger partial charge is 0.293 e. The lowest BCUT2D eigenvalue weighted by Gasteiger charge is -2.05. The summed E-state index contributed by atoms with van der Waals surface area (Å²) in [5.41, 5.74) is 0.676. The van der Waals surface area contributed by atoms with Crippen molar-refractivity contribution in [1.29, 1.82) is 0 Å². The van der Waals surface area contributed by atoms with Crippen LogP contribution >= 0.6 is 15.9 Å². The van der Waals surface area contributed by atoms with E-state index in [4.69, 9.17) is 0 Å². The third-order valence-corrected chi connectivity index (χ3v) is 2.71. The van der Waals surface area contributed by atoms with Crippen LogP contribution in [0.2, 0.25) is 0 Å². The molecule has 0 unspecified atom stereocenters. The van der Waals surface area contributed by atoms with Gasteiger partial charge in [0, 0.05) is 16.7 Å². The molecule has 1 heterocycles. The van der Waals surface area contributed by atoms with Crippen LogP contribution in [0.1, 0.15) is 10.5 Å². The molecule has 6 heteroatoms. The van der Waals surface area contributed by atoms with Crippen LogP contribution in [0.4, 0.5) is 5.69 Å². The number of aldehydes is 1. The number of carbonyl (C=O) groups is 1. The monoisotopic (exact) mass is 294 g/mol.